The Bertz CT molecular complexity index is 1010. The number of amidine groups is 1. The summed E-state index contributed by atoms with van der Waals surface area (Å²) in [5, 5.41) is 14.3. The van der Waals surface area contributed by atoms with Crippen molar-refractivity contribution in [2.75, 3.05) is 14.2 Å². The Morgan fingerprint density at radius 2 is 1.82 bits per heavy atom. The zero-order chi connectivity index (χ0) is 20.3. The SMILES string of the molecule is COc1cc(/C=C2\SC(=Nc3ccc(F)cc3)NC2=O)c([N+](=O)[O-])cc1OC. The maximum atomic E-state index is 13.0. The summed E-state index contributed by atoms with van der Waals surface area (Å²) in [4.78, 5) is 27.5. The average Bonchev–Trinajstić information content (AvgIpc) is 3.01. The number of halogens is 1. The molecule has 0 bridgehead atoms. The number of methoxy groups -OCH3 is 2. The van der Waals surface area contributed by atoms with E-state index in [0.717, 1.165) is 11.8 Å². The van der Waals surface area contributed by atoms with E-state index in [1.165, 1.54) is 56.7 Å². The van der Waals surface area contributed by atoms with Crippen molar-refractivity contribution in [2.24, 2.45) is 4.99 Å². The van der Waals surface area contributed by atoms with Crippen LogP contribution in [0.2, 0.25) is 0 Å². The van der Waals surface area contributed by atoms with Crippen molar-refractivity contribution < 1.29 is 23.6 Å². The number of ether oxygens (including phenoxy) is 2. The van der Waals surface area contributed by atoms with Crippen molar-refractivity contribution in [2.45, 2.75) is 0 Å². The molecule has 144 valence electrons. The molecule has 10 heteroatoms. The summed E-state index contributed by atoms with van der Waals surface area (Å²) in [6.07, 6.45) is 1.38. The minimum Gasteiger partial charge on any atom is -0.493 e. The van der Waals surface area contributed by atoms with Crippen LogP contribution in [0.25, 0.3) is 6.08 Å². The summed E-state index contributed by atoms with van der Waals surface area (Å²) in [7, 11) is 2.78. The van der Waals surface area contributed by atoms with Gasteiger partial charge in [0.25, 0.3) is 11.6 Å². The van der Waals surface area contributed by atoms with Gasteiger partial charge in [-0.05, 0) is 48.2 Å². The van der Waals surface area contributed by atoms with Gasteiger partial charge in [0.05, 0.1) is 41.4 Å². The second-order valence-electron chi connectivity index (χ2n) is 5.48. The summed E-state index contributed by atoms with van der Waals surface area (Å²) >= 11 is 1.02. The van der Waals surface area contributed by atoms with Gasteiger partial charge in [0, 0.05) is 0 Å². The number of rotatable bonds is 5. The quantitative estimate of drug-likeness (QED) is 0.464. The van der Waals surface area contributed by atoms with Crippen LogP contribution in [0.1, 0.15) is 5.56 Å². The number of nitrogens with zero attached hydrogens (tertiary/aromatic N) is 2. The highest BCUT2D eigenvalue weighted by atomic mass is 32.2. The van der Waals surface area contributed by atoms with Crippen molar-refractivity contribution in [3.63, 3.8) is 0 Å². The summed E-state index contributed by atoms with van der Waals surface area (Å²) in [5.74, 6) is -0.342. The van der Waals surface area contributed by atoms with Gasteiger partial charge in [-0.25, -0.2) is 9.38 Å². The van der Waals surface area contributed by atoms with E-state index in [4.69, 9.17) is 9.47 Å². The Labute approximate surface area is 163 Å². The number of carbonyl (C=O) groups is 1. The lowest BCUT2D eigenvalue weighted by atomic mass is 10.1. The van der Waals surface area contributed by atoms with Gasteiger partial charge in [-0.15, -0.1) is 0 Å². The summed E-state index contributed by atoms with van der Waals surface area (Å²) in [5.41, 5.74) is 0.411. The number of carbonyl (C=O) groups excluding carboxylic acids is 1. The standard InChI is InChI=1S/C18H14FN3O5S/c1-26-14-7-10(13(22(24)25)9-15(14)27-2)8-16-17(23)21-18(28-16)20-12-5-3-11(19)4-6-12/h3-9H,1-2H3,(H,20,21,23)/b16-8-. The van der Waals surface area contributed by atoms with E-state index in [1.807, 2.05) is 0 Å². The Kier molecular flexibility index (Phi) is 5.59. The molecule has 2 aromatic carbocycles. The molecule has 1 aliphatic rings. The highest BCUT2D eigenvalue weighted by molar-refractivity contribution is 8.18. The van der Waals surface area contributed by atoms with Crippen LogP contribution >= 0.6 is 11.8 Å². The molecule has 0 unspecified atom stereocenters. The molecule has 1 fully saturated rings. The molecule has 1 amide bonds. The fourth-order valence-electron chi connectivity index (χ4n) is 2.41. The number of thioether (sulfide) groups is 1. The summed E-state index contributed by atoms with van der Waals surface area (Å²) < 4.78 is 23.2. The van der Waals surface area contributed by atoms with Crippen LogP contribution in [-0.2, 0) is 4.79 Å². The first kappa shape index (κ1) is 19.4. The zero-order valence-electron chi connectivity index (χ0n) is 14.8. The molecule has 1 aliphatic heterocycles. The lowest BCUT2D eigenvalue weighted by Gasteiger charge is -2.08. The minimum absolute atomic E-state index is 0.184. The maximum Gasteiger partial charge on any atom is 0.280 e. The molecule has 1 heterocycles. The van der Waals surface area contributed by atoms with Crippen LogP contribution in [0, 0.1) is 15.9 Å². The third kappa shape index (κ3) is 4.12. The molecule has 8 nitrogen and oxygen atoms in total. The smallest absolute Gasteiger partial charge is 0.280 e. The molecule has 0 aliphatic carbocycles. The molecule has 1 saturated heterocycles. The van der Waals surface area contributed by atoms with Gasteiger partial charge < -0.3 is 14.8 Å². The van der Waals surface area contributed by atoms with Crippen molar-refractivity contribution in [3.8, 4) is 11.5 Å². The second-order valence-corrected chi connectivity index (χ2v) is 6.51. The molecule has 0 aromatic heterocycles. The number of nitro groups is 1. The van der Waals surface area contributed by atoms with Gasteiger partial charge in [-0.2, -0.15) is 0 Å². The Morgan fingerprint density at radius 1 is 1.18 bits per heavy atom. The highest BCUT2D eigenvalue weighted by Gasteiger charge is 2.26. The second kappa shape index (κ2) is 8.09. The molecule has 1 N–H and O–H groups in total. The number of nitro benzene ring substituents is 1. The fourth-order valence-corrected chi connectivity index (χ4v) is 3.25. The topological polar surface area (TPSA) is 103 Å². The number of hydrogen-bond donors (Lipinski definition) is 1. The lowest BCUT2D eigenvalue weighted by molar-refractivity contribution is -0.385. The van der Waals surface area contributed by atoms with E-state index in [1.54, 1.807) is 0 Å². The highest BCUT2D eigenvalue weighted by Crippen LogP contribution is 2.37. The Balaban J connectivity index is 1.96. The van der Waals surface area contributed by atoms with Crippen molar-refractivity contribution in [1.29, 1.82) is 0 Å². The predicted molar refractivity (Wildman–Crippen MR) is 103 cm³/mol. The van der Waals surface area contributed by atoms with Crippen LogP contribution in [0.4, 0.5) is 15.8 Å². The molecule has 2 aromatic rings. The Hall–Kier alpha value is -3.40. The van der Waals surface area contributed by atoms with Crippen LogP contribution in [0.5, 0.6) is 11.5 Å². The van der Waals surface area contributed by atoms with Crippen LogP contribution in [0.3, 0.4) is 0 Å². The third-order valence-electron chi connectivity index (χ3n) is 3.72. The summed E-state index contributed by atoms with van der Waals surface area (Å²) in [6.45, 7) is 0. The predicted octanol–water partition coefficient (Wildman–Crippen LogP) is 3.64. The van der Waals surface area contributed by atoms with E-state index in [2.05, 4.69) is 10.3 Å². The van der Waals surface area contributed by atoms with Gasteiger partial charge in [0.1, 0.15) is 5.82 Å². The third-order valence-corrected chi connectivity index (χ3v) is 4.63. The van der Waals surface area contributed by atoms with Crippen molar-refractivity contribution in [3.05, 3.63) is 62.8 Å². The van der Waals surface area contributed by atoms with Gasteiger partial charge in [-0.3, -0.25) is 14.9 Å². The van der Waals surface area contributed by atoms with E-state index >= 15 is 0 Å². The molecule has 0 saturated carbocycles. The molecule has 0 radical (unpaired) electrons. The van der Waals surface area contributed by atoms with Crippen LogP contribution < -0.4 is 14.8 Å². The molecular weight excluding hydrogens is 389 g/mol. The Morgan fingerprint density at radius 3 is 2.43 bits per heavy atom. The van der Waals surface area contributed by atoms with Gasteiger partial charge in [0.15, 0.2) is 16.7 Å². The maximum absolute atomic E-state index is 13.0. The first-order valence-corrected chi connectivity index (χ1v) is 8.68. The van der Waals surface area contributed by atoms with Crippen molar-refractivity contribution >= 4 is 40.3 Å². The van der Waals surface area contributed by atoms with Gasteiger partial charge in [0.2, 0.25) is 0 Å². The number of benzene rings is 2. The minimum atomic E-state index is -0.570. The van der Waals surface area contributed by atoms with E-state index in [0.29, 0.717) is 11.4 Å². The van der Waals surface area contributed by atoms with Gasteiger partial charge in [-0.1, -0.05) is 0 Å². The molecular formula is C18H14FN3O5S. The summed E-state index contributed by atoms with van der Waals surface area (Å²) in [6, 6.07) is 8.10. The largest absolute Gasteiger partial charge is 0.493 e. The first-order chi connectivity index (χ1) is 13.4. The van der Waals surface area contributed by atoms with Crippen LogP contribution in [0.15, 0.2) is 46.3 Å². The molecule has 3 rings (SSSR count). The van der Waals surface area contributed by atoms with Crippen LogP contribution in [-0.4, -0.2) is 30.2 Å². The number of aliphatic imine (C=N–C) groups is 1. The van der Waals surface area contributed by atoms with E-state index in [9.17, 15) is 19.3 Å². The number of amides is 1. The first-order valence-electron chi connectivity index (χ1n) is 7.87. The monoisotopic (exact) mass is 403 g/mol. The molecule has 28 heavy (non-hydrogen) atoms. The van der Waals surface area contributed by atoms with E-state index < -0.39 is 16.6 Å². The molecule has 0 spiro atoms. The lowest BCUT2D eigenvalue weighted by Crippen LogP contribution is -2.19. The fraction of sp³-hybridized carbons (Fsp3) is 0.111. The van der Waals surface area contributed by atoms with Crippen molar-refractivity contribution in [1.82, 2.24) is 5.32 Å². The normalized spacial score (nSPS) is 16.3. The number of hydrogen-bond acceptors (Lipinski definition) is 7. The van der Waals surface area contributed by atoms with Gasteiger partial charge >= 0.3 is 0 Å². The van der Waals surface area contributed by atoms with E-state index in [-0.39, 0.29) is 27.1 Å². The average molecular weight is 403 g/mol. The number of nitrogens with one attached hydrogen (secondary N) is 1. The molecule has 0 atom stereocenters. The zero-order valence-corrected chi connectivity index (χ0v) is 15.6.